The molecule has 6 nitrogen and oxygen atoms in total. The van der Waals surface area contributed by atoms with Crippen molar-refractivity contribution in [2.45, 2.75) is 0 Å². The summed E-state index contributed by atoms with van der Waals surface area (Å²) in [7, 11) is 0. The van der Waals surface area contributed by atoms with E-state index < -0.39 is 10.9 Å². The van der Waals surface area contributed by atoms with Crippen molar-refractivity contribution < 1.29 is 19.6 Å². The van der Waals surface area contributed by atoms with Crippen LogP contribution < -0.4 is 4.74 Å². The van der Waals surface area contributed by atoms with Gasteiger partial charge in [0, 0.05) is 11.6 Å². The summed E-state index contributed by atoms with van der Waals surface area (Å²) < 4.78 is 5.47. The van der Waals surface area contributed by atoms with Gasteiger partial charge in [0.2, 0.25) is 0 Å². The standard InChI is InChI=1S/C16H11NO5/c18-16(19)10-5-6-15-13(9-10)11(7-8-22-15)12-3-1-2-4-14(12)17(20)21/h1-7,9H,8H2,(H,18,19). The van der Waals surface area contributed by atoms with Crippen molar-refractivity contribution in [1.29, 1.82) is 0 Å². The molecule has 0 saturated carbocycles. The molecule has 2 aromatic rings. The highest BCUT2D eigenvalue weighted by Gasteiger charge is 2.23. The fourth-order valence-corrected chi connectivity index (χ4v) is 2.44. The third kappa shape index (κ3) is 2.31. The van der Waals surface area contributed by atoms with Crippen molar-refractivity contribution in [1.82, 2.24) is 0 Å². The minimum atomic E-state index is -1.06. The third-order valence-corrected chi connectivity index (χ3v) is 3.43. The Kier molecular flexibility index (Phi) is 3.34. The highest BCUT2D eigenvalue weighted by atomic mass is 16.6. The van der Waals surface area contributed by atoms with Crippen LogP contribution in [0.15, 0.2) is 48.5 Å². The second kappa shape index (κ2) is 5.33. The number of rotatable bonds is 3. The maximum absolute atomic E-state index is 11.2. The van der Waals surface area contributed by atoms with Gasteiger partial charge in [0.25, 0.3) is 5.69 Å². The number of nitro benzene ring substituents is 1. The van der Waals surface area contributed by atoms with E-state index in [4.69, 9.17) is 9.84 Å². The topological polar surface area (TPSA) is 89.7 Å². The van der Waals surface area contributed by atoms with E-state index in [-0.39, 0.29) is 17.9 Å². The van der Waals surface area contributed by atoms with E-state index >= 15 is 0 Å². The normalized spacial score (nSPS) is 12.8. The van der Waals surface area contributed by atoms with Gasteiger partial charge >= 0.3 is 5.97 Å². The van der Waals surface area contributed by atoms with E-state index in [0.29, 0.717) is 22.4 Å². The van der Waals surface area contributed by atoms with Gasteiger partial charge in [0.15, 0.2) is 0 Å². The fourth-order valence-electron chi connectivity index (χ4n) is 2.44. The van der Waals surface area contributed by atoms with E-state index in [1.54, 1.807) is 30.3 Å². The Bertz CT molecular complexity index is 810. The minimum Gasteiger partial charge on any atom is -0.489 e. The van der Waals surface area contributed by atoms with Crippen LogP contribution in [-0.2, 0) is 0 Å². The lowest BCUT2D eigenvalue weighted by atomic mass is 9.93. The molecule has 1 aliphatic rings. The number of ether oxygens (including phenoxy) is 1. The molecule has 6 heteroatoms. The highest BCUT2D eigenvalue weighted by Crippen LogP contribution is 2.38. The van der Waals surface area contributed by atoms with Crippen LogP contribution in [0, 0.1) is 10.1 Å². The fraction of sp³-hybridized carbons (Fsp3) is 0.0625. The Morgan fingerprint density at radius 1 is 1.18 bits per heavy atom. The average molecular weight is 297 g/mol. The van der Waals surface area contributed by atoms with Crippen LogP contribution in [0.5, 0.6) is 5.75 Å². The molecule has 2 aromatic carbocycles. The highest BCUT2D eigenvalue weighted by molar-refractivity contribution is 5.93. The van der Waals surface area contributed by atoms with Crippen LogP contribution >= 0.6 is 0 Å². The molecule has 0 bridgehead atoms. The summed E-state index contributed by atoms with van der Waals surface area (Å²) in [5.41, 5.74) is 1.67. The first-order valence-electron chi connectivity index (χ1n) is 6.52. The van der Waals surface area contributed by atoms with Crippen molar-refractivity contribution >= 4 is 17.2 Å². The molecular weight excluding hydrogens is 286 g/mol. The maximum Gasteiger partial charge on any atom is 0.335 e. The van der Waals surface area contributed by atoms with Crippen molar-refractivity contribution in [2.75, 3.05) is 6.61 Å². The molecule has 0 fully saturated rings. The lowest BCUT2D eigenvalue weighted by molar-refractivity contribution is -0.385. The van der Waals surface area contributed by atoms with Gasteiger partial charge < -0.3 is 9.84 Å². The zero-order valence-electron chi connectivity index (χ0n) is 11.4. The summed E-state index contributed by atoms with van der Waals surface area (Å²) in [5.74, 6) is -0.545. The van der Waals surface area contributed by atoms with Gasteiger partial charge in [-0.15, -0.1) is 0 Å². The number of benzene rings is 2. The first-order chi connectivity index (χ1) is 10.6. The molecule has 1 aliphatic heterocycles. The Hall–Kier alpha value is -3.15. The Morgan fingerprint density at radius 3 is 2.68 bits per heavy atom. The quantitative estimate of drug-likeness (QED) is 0.694. The number of carbonyl (C=O) groups is 1. The molecule has 0 atom stereocenters. The van der Waals surface area contributed by atoms with E-state index in [9.17, 15) is 14.9 Å². The second-order valence-corrected chi connectivity index (χ2v) is 4.72. The maximum atomic E-state index is 11.2. The van der Waals surface area contributed by atoms with Crippen LogP contribution in [0.4, 0.5) is 5.69 Å². The predicted molar refractivity (Wildman–Crippen MR) is 79.1 cm³/mol. The second-order valence-electron chi connectivity index (χ2n) is 4.72. The van der Waals surface area contributed by atoms with Gasteiger partial charge in [-0.1, -0.05) is 12.1 Å². The largest absolute Gasteiger partial charge is 0.489 e. The summed E-state index contributed by atoms with van der Waals surface area (Å²) in [6.07, 6.45) is 1.72. The molecule has 0 saturated heterocycles. The minimum absolute atomic E-state index is 0.0256. The molecule has 3 rings (SSSR count). The van der Waals surface area contributed by atoms with Gasteiger partial charge in [-0.2, -0.15) is 0 Å². The molecule has 0 aromatic heterocycles. The molecule has 0 amide bonds. The Balaban J connectivity index is 2.19. The number of fused-ring (bicyclic) bond motifs is 1. The van der Waals surface area contributed by atoms with Gasteiger partial charge in [-0.05, 0) is 35.9 Å². The van der Waals surface area contributed by atoms with Crippen LogP contribution in [0.1, 0.15) is 21.5 Å². The molecule has 1 heterocycles. The molecule has 0 aliphatic carbocycles. The van der Waals surface area contributed by atoms with Crippen molar-refractivity contribution in [3.05, 3.63) is 75.3 Å². The lowest BCUT2D eigenvalue weighted by Gasteiger charge is -2.19. The smallest absolute Gasteiger partial charge is 0.335 e. The summed E-state index contributed by atoms with van der Waals surface area (Å²) in [6, 6.07) is 10.9. The molecule has 110 valence electrons. The summed E-state index contributed by atoms with van der Waals surface area (Å²) in [4.78, 5) is 21.9. The summed E-state index contributed by atoms with van der Waals surface area (Å²) >= 11 is 0. The monoisotopic (exact) mass is 297 g/mol. The number of para-hydroxylation sites is 1. The number of aromatic carboxylic acids is 1. The SMILES string of the molecule is O=C(O)c1ccc2c(c1)C(c1ccccc1[N+](=O)[O-])=CCO2. The van der Waals surface area contributed by atoms with Gasteiger partial charge in [-0.25, -0.2) is 4.79 Å². The van der Waals surface area contributed by atoms with Crippen molar-refractivity contribution in [3.8, 4) is 5.75 Å². The molecule has 0 spiro atoms. The first-order valence-corrected chi connectivity index (χ1v) is 6.52. The van der Waals surface area contributed by atoms with Crippen LogP contribution in [0.3, 0.4) is 0 Å². The molecule has 1 N–H and O–H groups in total. The van der Waals surface area contributed by atoms with Crippen molar-refractivity contribution in [3.63, 3.8) is 0 Å². The molecule has 0 radical (unpaired) electrons. The van der Waals surface area contributed by atoms with Crippen LogP contribution in [0.25, 0.3) is 5.57 Å². The van der Waals surface area contributed by atoms with Gasteiger partial charge in [0.05, 0.1) is 16.1 Å². The summed E-state index contributed by atoms with van der Waals surface area (Å²) in [5, 5.41) is 20.3. The number of hydrogen-bond acceptors (Lipinski definition) is 4. The molecule has 0 unspecified atom stereocenters. The zero-order chi connectivity index (χ0) is 15.7. The molecule has 22 heavy (non-hydrogen) atoms. The Labute approximate surface area is 125 Å². The van der Waals surface area contributed by atoms with Crippen LogP contribution in [-0.4, -0.2) is 22.6 Å². The number of hydrogen-bond donors (Lipinski definition) is 1. The van der Waals surface area contributed by atoms with E-state index in [0.717, 1.165) is 0 Å². The first kappa shape index (κ1) is 13.8. The van der Waals surface area contributed by atoms with E-state index in [2.05, 4.69) is 0 Å². The van der Waals surface area contributed by atoms with Crippen LogP contribution in [0.2, 0.25) is 0 Å². The number of nitrogens with zero attached hydrogens (tertiary/aromatic N) is 1. The summed E-state index contributed by atoms with van der Waals surface area (Å²) in [6.45, 7) is 0.279. The lowest BCUT2D eigenvalue weighted by Crippen LogP contribution is -2.08. The zero-order valence-corrected chi connectivity index (χ0v) is 11.4. The third-order valence-electron chi connectivity index (χ3n) is 3.43. The van der Waals surface area contributed by atoms with E-state index in [1.807, 2.05) is 0 Å². The average Bonchev–Trinajstić information content (AvgIpc) is 2.53. The van der Waals surface area contributed by atoms with Crippen molar-refractivity contribution in [2.24, 2.45) is 0 Å². The number of carboxylic acids is 1. The number of carboxylic acid groups (broad SMARTS) is 1. The van der Waals surface area contributed by atoms with E-state index in [1.165, 1.54) is 18.2 Å². The Morgan fingerprint density at radius 2 is 1.95 bits per heavy atom. The van der Waals surface area contributed by atoms with Gasteiger partial charge in [0.1, 0.15) is 12.4 Å². The molecular formula is C16H11NO5. The predicted octanol–water partition coefficient (Wildman–Crippen LogP) is 3.12. The number of nitro groups is 1. The van der Waals surface area contributed by atoms with Gasteiger partial charge in [-0.3, -0.25) is 10.1 Å².